The molecule has 0 atom stereocenters. The molecule has 2 N–H and O–H groups in total. The molecule has 0 unspecified atom stereocenters. The van der Waals surface area contributed by atoms with Gasteiger partial charge in [0.2, 0.25) is 0 Å². The molecule has 0 fully saturated rings. The number of amides is 2. The molecular formula is C13H11Cl4N3OS. The van der Waals surface area contributed by atoms with Gasteiger partial charge in [-0.1, -0.05) is 46.4 Å². The Hall–Kier alpha value is -0.720. The molecular weight excluding hydrogens is 388 g/mol. The van der Waals surface area contributed by atoms with Crippen LogP contribution in [0.25, 0.3) is 0 Å². The van der Waals surface area contributed by atoms with Gasteiger partial charge >= 0.3 is 6.03 Å². The van der Waals surface area contributed by atoms with Crippen LogP contribution in [0.2, 0.25) is 5.02 Å². The summed E-state index contributed by atoms with van der Waals surface area (Å²) in [5.74, 6) is 0. The zero-order chi connectivity index (χ0) is 16.3. The summed E-state index contributed by atoms with van der Waals surface area (Å²) in [5, 5.41) is 6.35. The van der Waals surface area contributed by atoms with Crippen LogP contribution < -0.4 is 10.6 Å². The third-order valence-electron chi connectivity index (χ3n) is 2.58. The van der Waals surface area contributed by atoms with Crippen LogP contribution in [0.1, 0.15) is 10.6 Å². The molecule has 0 aliphatic rings. The topological polar surface area (TPSA) is 54.0 Å². The van der Waals surface area contributed by atoms with Crippen molar-refractivity contribution in [1.82, 2.24) is 4.98 Å². The van der Waals surface area contributed by atoms with Crippen molar-refractivity contribution < 1.29 is 4.79 Å². The maximum absolute atomic E-state index is 11.9. The van der Waals surface area contributed by atoms with Crippen LogP contribution >= 0.6 is 57.7 Å². The smallest absolute Gasteiger partial charge is 0.308 e. The molecule has 1 aromatic heterocycles. The van der Waals surface area contributed by atoms with E-state index in [2.05, 4.69) is 15.6 Å². The number of rotatable bonds is 3. The highest BCUT2D eigenvalue weighted by atomic mass is 35.6. The summed E-state index contributed by atoms with van der Waals surface area (Å²) in [6, 6.07) is 6.36. The van der Waals surface area contributed by atoms with Gasteiger partial charge in [-0.15, -0.1) is 11.3 Å². The van der Waals surface area contributed by atoms with Crippen molar-refractivity contribution in [2.45, 2.75) is 17.1 Å². The molecule has 0 spiro atoms. The molecule has 0 saturated carbocycles. The Kier molecular flexibility index (Phi) is 5.80. The van der Waals surface area contributed by atoms with Crippen LogP contribution in [0.15, 0.2) is 24.3 Å². The number of nitrogens with zero attached hydrogens (tertiary/aromatic N) is 1. The number of thiazole rings is 1. The Morgan fingerprint density at radius 1 is 1.23 bits per heavy atom. The van der Waals surface area contributed by atoms with E-state index in [4.69, 9.17) is 46.4 Å². The summed E-state index contributed by atoms with van der Waals surface area (Å²) < 4.78 is -1.39. The number of nitrogens with one attached hydrogen (secondary N) is 2. The maximum atomic E-state index is 11.9. The summed E-state index contributed by atoms with van der Waals surface area (Å²) in [7, 11) is 0. The second kappa shape index (κ2) is 7.23. The highest BCUT2D eigenvalue weighted by molar-refractivity contribution is 7.16. The lowest BCUT2D eigenvalue weighted by molar-refractivity contribution is 0.262. The lowest BCUT2D eigenvalue weighted by atomic mass is 10.3. The van der Waals surface area contributed by atoms with E-state index >= 15 is 0 Å². The van der Waals surface area contributed by atoms with Gasteiger partial charge in [0.1, 0.15) is 0 Å². The first-order valence-corrected chi connectivity index (χ1v) is 8.42. The van der Waals surface area contributed by atoms with Crippen LogP contribution in [0, 0.1) is 6.92 Å². The number of urea groups is 1. The van der Waals surface area contributed by atoms with Crippen LogP contribution in [0.3, 0.4) is 0 Å². The summed E-state index contributed by atoms with van der Waals surface area (Å²) in [5.41, 5.74) is 1.34. The van der Waals surface area contributed by atoms with E-state index in [0.29, 0.717) is 15.8 Å². The fourth-order valence-corrected chi connectivity index (χ4v) is 3.43. The van der Waals surface area contributed by atoms with Crippen molar-refractivity contribution in [3.8, 4) is 0 Å². The molecule has 1 aromatic carbocycles. The number of aromatic nitrogens is 1. The van der Waals surface area contributed by atoms with Gasteiger partial charge in [0.15, 0.2) is 8.92 Å². The second-order valence-electron chi connectivity index (χ2n) is 4.41. The third kappa shape index (κ3) is 5.48. The van der Waals surface area contributed by atoms with E-state index in [9.17, 15) is 4.79 Å². The Morgan fingerprint density at radius 2 is 1.86 bits per heavy atom. The predicted molar refractivity (Wildman–Crippen MR) is 94.9 cm³/mol. The average Bonchev–Trinajstić information content (AvgIpc) is 2.70. The molecule has 0 aliphatic carbocycles. The predicted octanol–water partition coefficient (Wildman–Crippen LogP) is 5.66. The Balaban J connectivity index is 2.00. The number of halogens is 4. The van der Waals surface area contributed by atoms with Gasteiger partial charge in [-0.05, 0) is 31.2 Å². The molecule has 0 radical (unpaired) electrons. The van der Waals surface area contributed by atoms with Gasteiger partial charge in [-0.3, -0.25) is 5.32 Å². The SMILES string of the molecule is Cc1nc(NC(=O)Nc2ccc(Cl)cc2)sc1CC(Cl)(Cl)Cl. The van der Waals surface area contributed by atoms with Gasteiger partial charge < -0.3 is 5.32 Å². The van der Waals surface area contributed by atoms with Crippen LogP contribution in [0.4, 0.5) is 15.6 Å². The number of hydrogen-bond donors (Lipinski definition) is 2. The standard InChI is InChI=1S/C13H11Cl4N3OS/c1-7-10(6-13(15,16)17)22-12(18-7)20-11(21)19-9-4-2-8(14)3-5-9/h2-5H,6H2,1H3,(H2,18,19,20,21). The lowest BCUT2D eigenvalue weighted by Crippen LogP contribution is -2.19. The number of carbonyl (C=O) groups excluding carboxylic acids is 1. The molecule has 9 heteroatoms. The van der Waals surface area contributed by atoms with Crippen molar-refractivity contribution >= 4 is 74.6 Å². The minimum Gasteiger partial charge on any atom is -0.308 e. The third-order valence-corrected chi connectivity index (χ3v) is 4.30. The number of hydrogen-bond acceptors (Lipinski definition) is 3. The minimum absolute atomic E-state index is 0.238. The molecule has 2 amide bonds. The Labute approximate surface area is 151 Å². The molecule has 0 bridgehead atoms. The highest BCUT2D eigenvalue weighted by Gasteiger charge is 2.23. The number of anilines is 2. The van der Waals surface area contributed by atoms with E-state index < -0.39 is 9.82 Å². The summed E-state index contributed by atoms with van der Waals surface area (Å²) in [6.07, 6.45) is 0.238. The van der Waals surface area contributed by atoms with E-state index in [-0.39, 0.29) is 6.42 Å². The highest BCUT2D eigenvalue weighted by Crippen LogP contribution is 2.34. The number of aryl methyl sites for hydroxylation is 1. The lowest BCUT2D eigenvalue weighted by Gasteiger charge is -2.08. The number of benzene rings is 1. The zero-order valence-corrected chi connectivity index (χ0v) is 15.1. The Bertz CT molecular complexity index is 667. The molecule has 2 aromatic rings. The summed E-state index contributed by atoms with van der Waals surface area (Å²) >= 11 is 24.4. The number of carbonyl (C=O) groups is 1. The van der Waals surface area contributed by atoms with Crippen LogP contribution in [-0.4, -0.2) is 14.8 Å². The fourth-order valence-electron chi connectivity index (χ4n) is 1.62. The van der Waals surface area contributed by atoms with Crippen molar-refractivity contribution in [3.05, 3.63) is 39.9 Å². The molecule has 118 valence electrons. The largest absolute Gasteiger partial charge is 0.325 e. The van der Waals surface area contributed by atoms with Gasteiger partial charge in [-0.2, -0.15) is 0 Å². The molecule has 4 nitrogen and oxygen atoms in total. The monoisotopic (exact) mass is 397 g/mol. The normalized spacial score (nSPS) is 11.3. The first-order valence-electron chi connectivity index (χ1n) is 6.09. The molecule has 0 aliphatic heterocycles. The van der Waals surface area contributed by atoms with Crippen LogP contribution in [-0.2, 0) is 6.42 Å². The summed E-state index contributed by atoms with van der Waals surface area (Å²) in [4.78, 5) is 17.0. The molecule has 2 rings (SSSR count). The maximum Gasteiger partial charge on any atom is 0.325 e. The number of alkyl halides is 3. The van der Waals surface area contributed by atoms with Crippen molar-refractivity contribution in [2.75, 3.05) is 10.6 Å². The molecule has 0 saturated heterocycles. The summed E-state index contributed by atoms with van der Waals surface area (Å²) in [6.45, 7) is 1.80. The second-order valence-corrected chi connectivity index (χ2v) is 8.44. The van der Waals surface area contributed by atoms with Crippen LogP contribution in [0.5, 0.6) is 0 Å². The van der Waals surface area contributed by atoms with E-state index in [1.807, 2.05) is 0 Å². The molecule has 22 heavy (non-hydrogen) atoms. The van der Waals surface area contributed by atoms with E-state index in [1.54, 1.807) is 31.2 Å². The quantitative estimate of drug-likeness (QED) is 0.655. The first-order chi connectivity index (χ1) is 10.2. The van der Waals surface area contributed by atoms with Gasteiger partial charge in [0.05, 0.1) is 5.69 Å². The van der Waals surface area contributed by atoms with E-state index in [0.717, 1.165) is 10.6 Å². The van der Waals surface area contributed by atoms with Crippen molar-refractivity contribution in [1.29, 1.82) is 0 Å². The average molecular weight is 399 g/mol. The van der Waals surface area contributed by atoms with Crippen molar-refractivity contribution in [3.63, 3.8) is 0 Å². The van der Waals surface area contributed by atoms with Gasteiger partial charge in [0.25, 0.3) is 0 Å². The van der Waals surface area contributed by atoms with Gasteiger partial charge in [0, 0.05) is 22.0 Å². The minimum atomic E-state index is -1.39. The van der Waals surface area contributed by atoms with E-state index in [1.165, 1.54) is 11.3 Å². The zero-order valence-electron chi connectivity index (χ0n) is 11.3. The fraction of sp³-hybridized carbons (Fsp3) is 0.231. The Morgan fingerprint density at radius 3 is 2.45 bits per heavy atom. The van der Waals surface area contributed by atoms with Gasteiger partial charge in [-0.25, -0.2) is 9.78 Å². The van der Waals surface area contributed by atoms with Crippen molar-refractivity contribution in [2.24, 2.45) is 0 Å². The molecule has 1 heterocycles. The first kappa shape index (κ1) is 17.6.